The number of amides is 1. The van der Waals surface area contributed by atoms with Gasteiger partial charge >= 0.3 is 0 Å². The van der Waals surface area contributed by atoms with Crippen LogP contribution in [0.4, 0.5) is 0 Å². The summed E-state index contributed by atoms with van der Waals surface area (Å²) in [7, 11) is 1.65. The van der Waals surface area contributed by atoms with Gasteiger partial charge in [0.25, 0.3) is 5.91 Å². The van der Waals surface area contributed by atoms with E-state index in [1.807, 2.05) is 6.07 Å². The van der Waals surface area contributed by atoms with Crippen molar-refractivity contribution in [2.75, 3.05) is 39.8 Å². The molecule has 1 aromatic carbocycles. The molecule has 2 saturated heterocycles. The smallest absolute Gasteiger partial charge is 0.252 e. The molecule has 0 bridgehead atoms. The molecule has 0 aliphatic carbocycles. The van der Waals surface area contributed by atoms with E-state index < -0.39 is 5.60 Å². The van der Waals surface area contributed by atoms with Crippen molar-refractivity contribution < 1.29 is 9.53 Å². The largest absolute Gasteiger partial charge is 0.368 e. The summed E-state index contributed by atoms with van der Waals surface area (Å²) < 4.78 is 5.64. The Bertz CT molecular complexity index is 523. The summed E-state index contributed by atoms with van der Waals surface area (Å²) in [5.41, 5.74) is 0.605. The van der Waals surface area contributed by atoms with Gasteiger partial charge in [0.1, 0.15) is 5.60 Å². The van der Waals surface area contributed by atoms with Crippen LogP contribution >= 0.6 is 0 Å². The van der Waals surface area contributed by atoms with Crippen LogP contribution in [0.1, 0.15) is 37.3 Å². The molecular weight excluding hydrogens is 302 g/mol. The molecule has 1 aromatic rings. The maximum atomic E-state index is 12.8. The Kier molecular flexibility index (Phi) is 5.87. The Labute approximate surface area is 144 Å². The predicted octanol–water partition coefficient (Wildman–Crippen LogP) is 1.71. The molecular formula is C19H29N3O2. The lowest BCUT2D eigenvalue weighted by Crippen LogP contribution is -2.55. The van der Waals surface area contributed by atoms with Crippen molar-refractivity contribution in [3.8, 4) is 0 Å². The van der Waals surface area contributed by atoms with Gasteiger partial charge < -0.3 is 15.4 Å². The summed E-state index contributed by atoms with van der Waals surface area (Å²) in [6.45, 7) is 4.51. The fourth-order valence-electron chi connectivity index (χ4n) is 3.89. The first-order valence-electron chi connectivity index (χ1n) is 9.08. The number of nitrogens with zero attached hydrogens (tertiary/aromatic N) is 1. The number of nitrogens with one attached hydrogen (secondary N) is 2. The van der Waals surface area contributed by atoms with Gasteiger partial charge in [-0.1, -0.05) is 30.3 Å². The minimum Gasteiger partial charge on any atom is -0.368 e. The molecule has 5 heteroatoms. The molecule has 2 aliphatic heterocycles. The second-order valence-corrected chi connectivity index (χ2v) is 6.83. The molecule has 0 saturated carbocycles. The van der Waals surface area contributed by atoms with Crippen molar-refractivity contribution in [2.24, 2.45) is 0 Å². The topological polar surface area (TPSA) is 53.6 Å². The Morgan fingerprint density at radius 3 is 2.54 bits per heavy atom. The standard InChI is InChI=1S/C19H29N3O2/c1-24-19(9-11-20-12-10-19)18(23)21-15-17(22-13-5-6-14-22)16-7-3-2-4-8-16/h2-4,7-8,17,20H,5-6,9-15H2,1H3,(H,21,23). The zero-order valence-corrected chi connectivity index (χ0v) is 14.6. The summed E-state index contributed by atoms with van der Waals surface area (Å²) in [4.78, 5) is 15.3. The summed E-state index contributed by atoms with van der Waals surface area (Å²) in [5.74, 6) is 0.0339. The highest BCUT2D eigenvalue weighted by molar-refractivity contribution is 5.85. The van der Waals surface area contributed by atoms with Crippen LogP contribution in [0, 0.1) is 0 Å². The molecule has 132 valence electrons. The molecule has 0 spiro atoms. The third-order valence-electron chi connectivity index (χ3n) is 5.44. The van der Waals surface area contributed by atoms with E-state index in [0.717, 1.165) is 39.0 Å². The van der Waals surface area contributed by atoms with Gasteiger partial charge in [-0.15, -0.1) is 0 Å². The lowest BCUT2D eigenvalue weighted by atomic mass is 9.91. The average molecular weight is 331 g/mol. The Balaban J connectivity index is 1.67. The summed E-state index contributed by atoms with van der Waals surface area (Å²) in [6, 6.07) is 10.7. The van der Waals surface area contributed by atoms with Gasteiger partial charge in [-0.05, 0) is 57.4 Å². The molecule has 2 fully saturated rings. The van der Waals surface area contributed by atoms with Crippen LogP contribution in [0.2, 0.25) is 0 Å². The number of hydrogen-bond donors (Lipinski definition) is 2. The molecule has 3 rings (SSSR count). The maximum absolute atomic E-state index is 12.8. The van der Waals surface area contributed by atoms with Gasteiger partial charge in [0.05, 0.1) is 6.04 Å². The number of piperidine rings is 1. The van der Waals surface area contributed by atoms with E-state index in [-0.39, 0.29) is 11.9 Å². The molecule has 2 N–H and O–H groups in total. The third-order valence-corrected chi connectivity index (χ3v) is 5.44. The normalized spacial score (nSPS) is 22.2. The Morgan fingerprint density at radius 1 is 1.25 bits per heavy atom. The van der Waals surface area contributed by atoms with Gasteiger partial charge in [0.2, 0.25) is 0 Å². The van der Waals surface area contributed by atoms with Gasteiger partial charge in [0.15, 0.2) is 0 Å². The highest BCUT2D eigenvalue weighted by Gasteiger charge is 2.40. The Hall–Kier alpha value is -1.43. The molecule has 1 amide bonds. The lowest BCUT2D eigenvalue weighted by Gasteiger charge is -2.36. The van der Waals surface area contributed by atoms with E-state index in [0.29, 0.717) is 6.54 Å². The quantitative estimate of drug-likeness (QED) is 0.833. The average Bonchev–Trinajstić information content (AvgIpc) is 3.17. The molecule has 24 heavy (non-hydrogen) atoms. The first-order valence-corrected chi connectivity index (χ1v) is 9.08. The van der Waals surface area contributed by atoms with Crippen LogP contribution in [0.15, 0.2) is 30.3 Å². The predicted molar refractivity (Wildman–Crippen MR) is 94.8 cm³/mol. The van der Waals surface area contributed by atoms with Crippen LogP contribution in [0.3, 0.4) is 0 Å². The van der Waals surface area contributed by atoms with Gasteiger partial charge in [0, 0.05) is 13.7 Å². The zero-order chi connectivity index (χ0) is 16.8. The van der Waals surface area contributed by atoms with Crippen molar-refractivity contribution in [3.05, 3.63) is 35.9 Å². The molecule has 0 aromatic heterocycles. The van der Waals surface area contributed by atoms with Crippen LogP contribution in [0.5, 0.6) is 0 Å². The molecule has 1 unspecified atom stereocenters. The van der Waals surface area contributed by atoms with Crippen molar-refractivity contribution in [1.82, 2.24) is 15.5 Å². The van der Waals surface area contributed by atoms with Crippen LogP contribution in [-0.4, -0.2) is 56.2 Å². The minimum absolute atomic E-state index is 0.0339. The molecule has 5 nitrogen and oxygen atoms in total. The van der Waals surface area contributed by atoms with Crippen molar-refractivity contribution >= 4 is 5.91 Å². The molecule has 2 heterocycles. The SMILES string of the molecule is COC1(C(=O)NCC(c2ccccc2)N2CCCC2)CCNCC1. The van der Waals surface area contributed by atoms with E-state index in [1.54, 1.807) is 7.11 Å². The minimum atomic E-state index is -0.669. The van der Waals surface area contributed by atoms with E-state index in [1.165, 1.54) is 18.4 Å². The third kappa shape index (κ3) is 3.79. The highest BCUT2D eigenvalue weighted by Crippen LogP contribution is 2.26. The molecule has 2 aliphatic rings. The number of carbonyl (C=O) groups is 1. The van der Waals surface area contributed by atoms with Crippen molar-refractivity contribution in [3.63, 3.8) is 0 Å². The second kappa shape index (κ2) is 8.10. The number of hydrogen-bond acceptors (Lipinski definition) is 4. The highest BCUT2D eigenvalue weighted by atomic mass is 16.5. The van der Waals surface area contributed by atoms with Crippen molar-refractivity contribution in [1.29, 1.82) is 0 Å². The molecule has 1 atom stereocenters. The maximum Gasteiger partial charge on any atom is 0.252 e. The number of rotatable bonds is 6. The van der Waals surface area contributed by atoms with Gasteiger partial charge in [-0.25, -0.2) is 0 Å². The van der Waals surface area contributed by atoms with E-state index >= 15 is 0 Å². The number of methoxy groups -OCH3 is 1. The monoisotopic (exact) mass is 331 g/mol. The summed E-state index contributed by atoms with van der Waals surface area (Å²) in [5, 5.41) is 6.48. The lowest BCUT2D eigenvalue weighted by molar-refractivity contribution is -0.146. The van der Waals surface area contributed by atoms with E-state index in [4.69, 9.17) is 4.74 Å². The number of carbonyl (C=O) groups excluding carboxylic acids is 1. The molecule has 0 radical (unpaired) electrons. The first kappa shape index (κ1) is 17.4. The van der Waals surface area contributed by atoms with Gasteiger partial charge in [-0.2, -0.15) is 0 Å². The fraction of sp³-hybridized carbons (Fsp3) is 0.632. The number of benzene rings is 1. The number of ether oxygens (including phenoxy) is 1. The van der Waals surface area contributed by atoms with Gasteiger partial charge in [-0.3, -0.25) is 9.69 Å². The van der Waals surface area contributed by atoms with E-state index in [2.05, 4.69) is 39.8 Å². The zero-order valence-electron chi connectivity index (χ0n) is 14.6. The van der Waals surface area contributed by atoms with Crippen LogP contribution in [0.25, 0.3) is 0 Å². The first-order chi connectivity index (χ1) is 11.7. The summed E-state index contributed by atoms with van der Waals surface area (Å²) >= 11 is 0. The van der Waals surface area contributed by atoms with E-state index in [9.17, 15) is 4.79 Å². The fourth-order valence-corrected chi connectivity index (χ4v) is 3.89. The van der Waals surface area contributed by atoms with Crippen LogP contribution in [-0.2, 0) is 9.53 Å². The second-order valence-electron chi connectivity index (χ2n) is 6.83. The number of likely N-dealkylation sites (tertiary alicyclic amines) is 1. The summed E-state index contributed by atoms with van der Waals surface area (Å²) in [6.07, 6.45) is 3.94. The van der Waals surface area contributed by atoms with Crippen molar-refractivity contribution in [2.45, 2.75) is 37.3 Å². The van der Waals surface area contributed by atoms with Crippen LogP contribution < -0.4 is 10.6 Å². The Morgan fingerprint density at radius 2 is 1.92 bits per heavy atom.